The maximum Gasteiger partial charge on any atom is 0.264 e. The van der Waals surface area contributed by atoms with Crippen LogP contribution in [-0.2, 0) is 26.2 Å². The smallest absolute Gasteiger partial charge is 0.264 e. The number of aryl methyl sites for hydroxylation is 1. The van der Waals surface area contributed by atoms with E-state index in [0.717, 1.165) is 42.0 Å². The molecule has 4 rings (SSSR count). The minimum atomic E-state index is -4.22. The van der Waals surface area contributed by atoms with Gasteiger partial charge < -0.3 is 15.0 Å². The van der Waals surface area contributed by atoms with Crippen LogP contribution in [0.2, 0.25) is 10.0 Å². The van der Waals surface area contributed by atoms with Crippen LogP contribution in [0.4, 0.5) is 5.69 Å². The van der Waals surface area contributed by atoms with Gasteiger partial charge >= 0.3 is 0 Å². The summed E-state index contributed by atoms with van der Waals surface area (Å²) in [6.07, 6.45) is 4.98. The first-order valence-electron chi connectivity index (χ1n) is 14.3. The van der Waals surface area contributed by atoms with E-state index in [1.165, 1.54) is 24.1 Å². The molecule has 0 radical (unpaired) electrons. The third-order valence-corrected chi connectivity index (χ3v) is 10.2. The average Bonchev–Trinajstić information content (AvgIpc) is 3.00. The Kier molecular flexibility index (Phi) is 11.0. The highest BCUT2D eigenvalue weighted by molar-refractivity contribution is 7.92. The summed E-state index contributed by atoms with van der Waals surface area (Å²) in [5.41, 5.74) is 1.74. The molecule has 1 atom stereocenters. The standard InChI is InChI=1S/C32H37Cl2N3O5S/c1-22-13-16-26(17-14-22)43(40,41)37(29-11-7-8-12-30(29)42-3)21-31(38)36(20-24-15-18-27(33)28(34)19-24)23(2)32(39)35-25-9-5-4-6-10-25/h7-8,11-19,23,25H,4-6,9-10,20-21H2,1-3H3,(H,35,39)/t23-/m1/s1. The van der Waals surface area contributed by atoms with E-state index in [2.05, 4.69) is 5.32 Å². The van der Waals surface area contributed by atoms with Crippen molar-refractivity contribution in [2.75, 3.05) is 18.0 Å². The summed E-state index contributed by atoms with van der Waals surface area (Å²) in [5.74, 6) is -0.588. The number of halogens is 2. The van der Waals surface area contributed by atoms with Gasteiger partial charge in [-0.3, -0.25) is 13.9 Å². The number of amides is 2. The van der Waals surface area contributed by atoms with Gasteiger partial charge in [-0.1, -0.05) is 78.4 Å². The molecule has 1 N–H and O–H groups in total. The van der Waals surface area contributed by atoms with Crippen molar-refractivity contribution in [2.45, 2.75) is 69.5 Å². The third kappa shape index (κ3) is 8.02. The SMILES string of the molecule is COc1ccccc1N(CC(=O)N(Cc1ccc(Cl)c(Cl)c1)[C@H](C)C(=O)NC1CCCCC1)S(=O)(=O)c1ccc(C)cc1. The van der Waals surface area contributed by atoms with Gasteiger partial charge in [0.15, 0.2) is 0 Å². The van der Waals surface area contributed by atoms with E-state index >= 15 is 0 Å². The Balaban J connectivity index is 1.71. The molecule has 0 aromatic heterocycles. The van der Waals surface area contributed by atoms with Crippen LogP contribution in [0.5, 0.6) is 5.75 Å². The molecule has 3 aromatic rings. The van der Waals surface area contributed by atoms with Gasteiger partial charge in [0.1, 0.15) is 18.3 Å². The number of hydrogen-bond donors (Lipinski definition) is 1. The second kappa shape index (κ2) is 14.5. The number of hydrogen-bond acceptors (Lipinski definition) is 5. The summed E-state index contributed by atoms with van der Waals surface area (Å²) in [6.45, 7) is 2.95. The summed E-state index contributed by atoms with van der Waals surface area (Å²) >= 11 is 12.4. The van der Waals surface area contributed by atoms with E-state index in [1.54, 1.807) is 61.5 Å². The van der Waals surface area contributed by atoms with Gasteiger partial charge in [0.2, 0.25) is 11.8 Å². The number of anilines is 1. The van der Waals surface area contributed by atoms with Crippen molar-refractivity contribution in [3.8, 4) is 5.75 Å². The van der Waals surface area contributed by atoms with Crippen molar-refractivity contribution in [2.24, 2.45) is 0 Å². The predicted molar refractivity (Wildman–Crippen MR) is 170 cm³/mol. The molecule has 1 fully saturated rings. The Hall–Kier alpha value is -3.27. The molecule has 11 heteroatoms. The molecule has 1 saturated carbocycles. The minimum Gasteiger partial charge on any atom is -0.495 e. The Morgan fingerprint density at radius 3 is 2.30 bits per heavy atom. The van der Waals surface area contributed by atoms with Gasteiger partial charge in [-0.15, -0.1) is 0 Å². The Bertz CT molecular complexity index is 1540. The lowest BCUT2D eigenvalue weighted by atomic mass is 9.95. The zero-order chi connectivity index (χ0) is 31.1. The summed E-state index contributed by atoms with van der Waals surface area (Å²) in [6, 6.07) is 17.1. The van der Waals surface area contributed by atoms with Crippen LogP contribution in [0.25, 0.3) is 0 Å². The van der Waals surface area contributed by atoms with E-state index in [0.29, 0.717) is 15.6 Å². The molecule has 0 spiro atoms. The van der Waals surface area contributed by atoms with Crippen molar-refractivity contribution in [1.29, 1.82) is 0 Å². The van der Waals surface area contributed by atoms with Gasteiger partial charge in [0.25, 0.3) is 10.0 Å². The Morgan fingerprint density at radius 2 is 1.65 bits per heavy atom. The van der Waals surface area contributed by atoms with Gasteiger partial charge in [-0.25, -0.2) is 8.42 Å². The number of benzene rings is 3. The van der Waals surface area contributed by atoms with Crippen molar-refractivity contribution >= 4 is 50.7 Å². The number of sulfonamides is 1. The highest BCUT2D eigenvalue weighted by Crippen LogP contribution is 2.33. The number of nitrogens with zero attached hydrogens (tertiary/aromatic N) is 2. The summed E-state index contributed by atoms with van der Waals surface area (Å²) in [7, 11) is -2.78. The zero-order valence-electron chi connectivity index (χ0n) is 24.6. The topological polar surface area (TPSA) is 96.0 Å². The third-order valence-electron chi connectivity index (χ3n) is 7.70. The number of carbonyl (C=O) groups is 2. The molecule has 3 aromatic carbocycles. The molecule has 2 amide bonds. The monoisotopic (exact) mass is 645 g/mol. The van der Waals surface area contributed by atoms with Gasteiger partial charge in [0, 0.05) is 12.6 Å². The largest absolute Gasteiger partial charge is 0.495 e. The molecule has 0 aliphatic heterocycles. The summed E-state index contributed by atoms with van der Waals surface area (Å²) < 4.78 is 34.7. The Morgan fingerprint density at radius 1 is 0.977 bits per heavy atom. The average molecular weight is 647 g/mol. The number of rotatable bonds is 11. The minimum absolute atomic E-state index is 0.0132. The molecule has 0 saturated heterocycles. The van der Waals surface area contributed by atoms with Crippen LogP contribution in [-0.4, -0.2) is 50.9 Å². The molecule has 0 bridgehead atoms. The van der Waals surface area contributed by atoms with Crippen LogP contribution >= 0.6 is 23.2 Å². The molecular weight excluding hydrogens is 609 g/mol. The van der Waals surface area contributed by atoms with Crippen molar-refractivity contribution in [1.82, 2.24) is 10.2 Å². The molecular formula is C32H37Cl2N3O5S. The van der Waals surface area contributed by atoms with Gasteiger partial charge in [-0.05, 0) is 68.7 Å². The fourth-order valence-corrected chi connectivity index (χ4v) is 6.92. The van der Waals surface area contributed by atoms with Crippen LogP contribution in [0.3, 0.4) is 0 Å². The maximum atomic E-state index is 14.2. The summed E-state index contributed by atoms with van der Waals surface area (Å²) in [4.78, 5) is 29.1. The van der Waals surface area contributed by atoms with Crippen LogP contribution in [0, 0.1) is 6.92 Å². The lowest BCUT2D eigenvalue weighted by Crippen LogP contribution is -2.53. The first-order chi connectivity index (χ1) is 20.5. The fourth-order valence-electron chi connectivity index (χ4n) is 5.17. The van der Waals surface area contributed by atoms with E-state index < -0.39 is 28.5 Å². The normalized spacial score (nSPS) is 14.5. The molecule has 230 valence electrons. The van der Waals surface area contributed by atoms with Crippen molar-refractivity contribution in [3.63, 3.8) is 0 Å². The second-order valence-corrected chi connectivity index (χ2v) is 13.5. The fraction of sp³-hybridized carbons (Fsp3) is 0.375. The molecule has 1 aliphatic carbocycles. The second-order valence-electron chi connectivity index (χ2n) is 10.8. The first kappa shape index (κ1) is 32.6. The van der Waals surface area contributed by atoms with Gasteiger partial charge in [0.05, 0.1) is 27.7 Å². The zero-order valence-corrected chi connectivity index (χ0v) is 26.9. The highest BCUT2D eigenvalue weighted by Gasteiger charge is 2.34. The number of carbonyl (C=O) groups excluding carboxylic acids is 2. The Labute approximate surface area is 264 Å². The van der Waals surface area contributed by atoms with Gasteiger partial charge in [-0.2, -0.15) is 0 Å². The molecule has 0 heterocycles. The van der Waals surface area contributed by atoms with Crippen molar-refractivity contribution < 1.29 is 22.7 Å². The van der Waals surface area contributed by atoms with E-state index in [9.17, 15) is 18.0 Å². The van der Waals surface area contributed by atoms with Crippen LogP contribution in [0.15, 0.2) is 71.6 Å². The van der Waals surface area contributed by atoms with Crippen molar-refractivity contribution in [3.05, 3.63) is 87.9 Å². The number of methoxy groups -OCH3 is 1. The lowest BCUT2D eigenvalue weighted by Gasteiger charge is -2.33. The van der Waals surface area contributed by atoms with E-state index in [1.807, 2.05) is 6.92 Å². The molecule has 0 unspecified atom stereocenters. The number of nitrogens with one attached hydrogen (secondary N) is 1. The quantitative estimate of drug-likeness (QED) is 0.261. The molecule has 43 heavy (non-hydrogen) atoms. The number of para-hydroxylation sites is 2. The van der Waals surface area contributed by atoms with E-state index in [-0.39, 0.29) is 34.8 Å². The van der Waals surface area contributed by atoms with E-state index in [4.69, 9.17) is 27.9 Å². The highest BCUT2D eigenvalue weighted by atomic mass is 35.5. The molecule has 1 aliphatic rings. The number of ether oxygens (including phenoxy) is 1. The van der Waals surface area contributed by atoms with Crippen LogP contribution in [0.1, 0.15) is 50.2 Å². The maximum absolute atomic E-state index is 14.2. The first-order valence-corrected chi connectivity index (χ1v) is 16.5. The summed E-state index contributed by atoms with van der Waals surface area (Å²) in [5, 5.41) is 3.76. The molecule has 8 nitrogen and oxygen atoms in total. The van der Waals surface area contributed by atoms with Crippen LogP contribution < -0.4 is 14.4 Å². The predicted octanol–water partition coefficient (Wildman–Crippen LogP) is 6.37. The lowest BCUT2D eigenvalue weighted by molar-refractivity contribution is -0.139.